The van der Waals surface area contributed by atoms with Gasteiger partial charge in [0.05, 0.1) is 12.5 Å². The summed E-state index contributed by atoms with van der Waals surface area (Å²) in [6, 6.07) is 0.541. The van der Waals surface area contributed by atoms with Crippen molar-refractivity contribution in [3.8, 4) is 0 Å². The minimum absolute atomic E-state index is 0.0626. The van der Waals surface area contributed by atoms with Gasteiger partial charge in [-0.05, 0) is 19.8 Å². The molecule has 0 radical (unpaired) electrons. The van der Waals surface area contributed by atoms with E-state index in [-0.39, 0.29) is 17.9 Å². The Balaban J connectivity index is 4.44. The van der Waals surface area contributed by atoms with Crippen molar-refractivity contribution in [3.05, 3.63) is 0 Å². The molecule has 0 aromatic carbocycles. The van der Waals surface area contributed by atoms with Crippen LogP contribution in [0, 0.1) is 11.8 Å². The third-order valence-corrected chi connectivity index (χ3v) is 2.41. The van der Waals surface area contributed by atoms with Crippen molar-refractivity contribution in [1.82, 2.24) is 5.32 Å². The van der Waals surface area contributed by atoms with E-state index in [1.165, 1.54) is 0 Å². The molecule has 0 aliphatic heterocycles. The number of carbonyl (C=O) groups excluding carboxylic acids is 1. The van der Waals surface area contributed by atoms with Crippen LogP contribution in [0.25, 0.3) is 0 Å². The van der Waals surface area contributed by atoms with E-state index >= 15 is 0 Å². The van der Waals surface area contributed by atoms with E-state index < -0.39 is 0 Å². The van der Waals surface area contributed by atoms with E-state index in [1.807, 2.05) is 13.8 Å². The molecule has 1 N–H and O–H groups in total. The van der Waals surface area contributed by atoms with Crippen molar-refractivity contribution in [2.75, 3.05) is 6.61 Å². The van der Waals surface area contributed by atoms with Gasteiger partial charge in [-0.25, -0.2) is 0 Å². The van der Waals surface area contributed by atoms with Crippen molar-refractivity contribution in [2.45, 2.75) is 53.6 Å². The Labute approximate surface area is 93.6 Å². The minimum atomic E-state index is -0.0897. The summed E-state index contributed by atoms with van der Waals surface area (Å²) in [6.07, 6.45) is 0. The number of carbonyl (C=O) groups is 1. The Morgan fingerprint density at radius 1 is 1.20 bits per heavy atom. The molecule has 0 fully saturated rings. The number of nitrogens with one attached hydrogen (secondary N) is 1. The van der Waals surface area contributed by atoms with Crippen LogP contribution in [0.4, 0.5) is 0 Å². The fourth-order valence-corrected chi connectivity index (χ4v) is 1.92. The first-order chi connectivity index (χ1) is 6.90. The molecule has 0 aliphatic carbocycles. The van der Waals surface area contributed by atoms with Crippen LogP contribution >= 0.6 is 0 Å². The van der Waals surface area contributed by atoms with Gasteiger partial charge in [-0.2, -0.15) is 0 Å². The lowest BCUT2D eigenvalue weighted by molar-refractivity contribution is -0.150. The third-order valence-electron chi connectivity index (χ3n) is 2.41. The molecular weight excluding hydrogens is 190 g/mol. The summed E-state index contributed by atoms with van der Waals surface area (Å²) < 4.78 is 5.09. The van der Waals surface area contributed by atoms with E-state index in [4.69, 9.17) is 4.74 Å². The van der Waals surface area contributed by atoms with Crippen molar-refractivity contribution >= 4 is 5.97 Å². The maximum Gasteiger partial charge on any atom is 0.310 e. The minimum Gasteiger partial charge on any atom is -0.466 e. The zero-order chi connectivity index (χ0) is 12.0. The third kappa shape index (κ3) is 5.17. The SMILES string of the molecule is CCOC(=O)C(C(C)C)C(C)NC(C)C. The molecule has 2 unspecified atom stereocenters. The van der Waals surface area contributed by atoms with Gasteiger partial charge in [0.1, 0.15) is 0 Å². The lowest BCUT2D eigenvalue weighted by Gasteiger charge is -2.27. The normalized spacial score (nSPS) is 15.5. The summed E-state index contributed by atoms with van der Waals surface area (Å²) in [4.78, 5) is 11.7. The second-order valence-electron chi connectivity index (χ2n) is 4.63. The van der Waals surface area contributed by atoms with E-state index in [0.29, 0.717) is 18.6 Å². The van der Waals surface area contributed by atoms with E-state index in [0.717, 1.165) is 0 Å². The van der Waals surface area contributed by atoms with Crippen molar-refractivity contribution < 1.29 is 9.53 Å². The van der Waals surface area contributed by atoms with Crippen molar-refractivity contribution in [2.24, 2.45) is 11.8 Å². The predicted molar refractivity (Wildman–Crippen MR) is 62.7 cm³/mol. The zero-order valence-electron chi connectivity index (χ0n) is 10.8. The number of rotatable bonds is 6. The molecule has 2 atom stereocenters. The summed E-state index contributed by atoms with van der Waals surface area (Å²) in [5.74, 6) is 0.144. The summed E-state index contributed by atoms with van der Waals surface area (Å²) >= 11 is 0. The molecule has 3 nitrogen and oxygen atoms in total. The Morgan fingerprint density at radius 2 is 1.73 bits per heavy atom. The summed E-state index contributed by atoms with van der Waals surface area (Å²) in [6.45, 7) is 12.6. The molecule has 3 heteroatoms. The summed E-state index contributed by atoms with van der Waals surface area (Å²) in [7, 11) is 0. The Bertz CT molecular complexity index is 190. The highest BCUT2D eigenvalue weighted by Crippen LogP contribution is 2.17. The Kier molecular flexibility index (Phi) is 6.57. The number of hydrogen-bond donors (Lipinski definition) is 1. The van der Waals surface area contributed by atoms with Gasteiger partial charge in [0.25, 0.3) is 0 Å². The maximum atomic E-state index is 11.7. The number of hydrogen-bond acceptors (Lipinski definition) is 3. The Morgan fingerprint density at radius 3 is 2.07 bits per heavy atom. The van der Waals surface area contributed by atoms with Gasteiger partial charge in [-0.3, -0.25) is 4.79 Å². The molecule has 0 amide bonds. The molecule has 0 saturated heterocycles. The van der Waals surface area contributed by atoms with E-state index in [1.54, 1.807) is 0 Å². The highest BCUT2D eigenvalue weighted by molar-refractivity contribution is 5.73. The van der Waals surface area contributed by atoms with Gasteiger partial charge in [-0.15, -0.1) is 0 Å². The van der Waals surface area contributed by atoms with Crippen LogP contribution in [0.15, 0.2) is 0 Å². The van der Waals surface area contributed by atoms with Crippen molar-refractivity contribution in [1.29, 1.82) is 0 Å². The fourth-order valence-electron chi connectivity index (χ4n) is 1.92. The van der Waals surface area contributed by atoms with Gasteiger partial charge < -0.3 is 10.1 Å². The molecule has 0 aromatic heterocycles. The molecule has 0 aromatic rings. The molecule has 90 valence electrons. The average Bonchev–Trinajstić information content (AvgIpc) is 2.01. The molecule has 0 spiro atoms. The van der Waals surface area contributed by atoms with Crippen LogP contribution in [0.5, 0.6) is 0 Å². The largest absolute Gasteiger partial charge is 0.466 e. The van der Waals surface area contributed by atoms with Crippen LogP contribution in [0.3, 0.4) is 0 Å². The topological polar surface area (TPSA) is 38.3 Å². The monoisotopic (exact) mass is 215 g/mol. The highest BCUT2D eigenvalue weighted by atomic mass is 16.5. The second kappa shape index (κ2) is 6.83. The van der Waals surface area contributed by atoms with E-state index in [2.05, 4.69) is 33.0 Å². The number of ether oxygens (including phenoxy) is 1. The second-order valence-corrected chi connectivity index (χ2v) is 4.63. The first-order valence-electron chi connectivity index (χ1n) is 5.82. The van der Waals surface area contributed by atoms with Crippen molar-refractivity contribution in [3.63, 3.8) is 0 Å². The van der Waals surface area contributed by atoms with Gasteiger partial charge in [0.2, 0.25) is 0 Å². The molecule has 0 heterocycles. The van der Waals surface area contributed by atoms with Gasteiger partial charge in [0.15, 0.2) is 0 Å². The van der Waals surface area contributed by atoms with Crippen LogP contribution in [0.2, 0.25) is 0 Å². The van der Waals surface area contributed by atoms with E-state index in [9.17, 15) is 4.79 Å². The average molecular weight is 215 g/mol. The summed E-state index contributed by atoms with van der Waals surface area (Å²) in [5, 5.41) is 3.36. The smallest absolute Gasteiger partial charge is 0.310 e. The quantitative estimate of drug-likeness (QED) is 0.690. The van der Waals surface area contributed by atoms with Crippen LogP contribution in [-0.4, -0.2) is 24.7 Å². The molecular formula is C12H25NO2. The number of esters is 1. The van der Waals surface area contributed by atoms with Crippen LogP contribution in [0.1, 0.15) is 41.5 Å². The van der Waals surface area contributed by atoms with Gasteiger partial charge >= 0.3 is 5.97 Å². The van der Waals surface area contributed by atoms with Crippen LogP contribution < -0.4 is 5.32 Å². The highest BCUT2D eigenvalue weighted by Gasteiger charge is 2.29. The standard InChI is InChI=1S/C12H25NO2/c1-7-15-12(14)11(8(2)3)10(6)13-9(4)5/h8-11,13H,7H2,1-6H3. The fraction of sp³-hybridized carbons (Fsp3) is 0.917. The molecule has 0 aliphatic rings. The van der Waals surface area contributed by atoms with Gasteiger partial charge in [-0.1, -0.05) is 27.7 Å². The first-order valence-corrected chi connectivity index (χ1v) is 5.82. The lowest BCUT2D eigenvalue weighted by Crippen LogP contribution is -2.44. The molecule has 0 rings (SSSR count). The predicted octanol–water partition coefficient (Wildman–Crippen LogP) is 2.21. The lowest BCUT2D eigenvalue weighted by atomic mass is 9.89. The first kappa shape index (κ1) is 14.4. The maximum absolute atomic E-state index is 11.7. The molecule has 0 bridgehead atoms. The zero-order valence-corrected chi connectivity index (χ0v) is 10.8. The van der Waals surface area contributed by atoms with Crippen LogP contribution in [-0.2, 0) is 9.53 Å². The molecule has 0 saturated carbocycles. The Hall–Kier alpha value is -0.570. The summed E-state index contributed by atoms with van der Waals surface area (Å²) in [5.41, 5.74) is 0. The van der Waals surface area contributed by atoms with Gasteiger partial charge in [0, 0.05) is 12.1 Å². The molecule has 15 heavy (non-hydrogen) atoms.